The molecule has 0 heterocycles. The second-order valence-corrected chi connectivity index (χ2v) is 6.86. The third-order valence-electron chi connectivity index (χ3n) is 3.47. The lowest BCUT2D eigenvalue weighted by molar-refractivity contribution is -0.155. The number of esters is 1. The molecule has 0 radical (unpaired) electrons. The quantitative estimate of drug-likeness (QED) is 0.780. The van der Waals surface area contributed by atoms with Gasteiger partial charge in [-0.05, 0) is 40.7 Å². The number of carbonyl (C=O) groups excluding carboxylic acids is 1. The molecule has 1 aliphatic rings. The average Bonchev–Trinajstić information content (AvgIpc) is 2.24. The van der Waals surface area contributed by atoms with Crippen molar-refractivity contribution in [1.82, 2.24) is 4.90 Å². The summed E-state index contributed by atoms with van der Waals surface area (Å²) < 4.78 is 5.28. The molecule has 19 heavy (non-hydrogen) atoms. The Hall–Kier alpha value is -0.610. The van der Waals surface area contributed by atoms with Gasteiger partial charge >= 0.3 is 5.97 Å². The van der Waals surface area contributed by atoms with E-state index >= 15 is 0 Å². The van der Waals surface area contributed by atoms with Gasteiger partial charge in [0.1, 0.15) is 5.60 Å². The average molecular weight is 271 g/mol. The Labute approximate surface area is 117 Å². The van der Waals surface area contributed by atoms with E-state index in [9.17, 15) is 9.90 Å². The smallest absolute Gasteiger partial charge is 0.307 e. The SMILES string of the molecule is CN(CCC(=O)OC(C)(C)C)CC1(O)CCCCC1. The van der Waals surface area contributed by atoms with Crippen LogP contribution in [0.3, 0.4) is 0 Å². The number of likely N-dealkylation sites (N-methyl/N-ethyl adjacent to an activating group) is 1. The van der Waals surface area contributed by atoms with Gasteiger partial charge in [0, 0.05) is 13.1 Å². The van der Waals surface area contributed by atoms with E-state index in [2.05, 4.69) is 0 Å². The maximum absolute atomic E-state index is 11.6. The second kappa shape index (κ2) is 6.71. The van der Waals surface area contributed by atoms with Crippen LogP contribution >= 0.6 is 0 Å². The van der Waals surface area contributed by atoms with Crippen LogP contribution in [0.5, 0.6) is 0 Å². The topological polar surface area (TPSA) is 49.8 Å². The van der Waals surface area contributed by atoms with Crippen molar-refractivity contribution in [1.29, 1.82) is 0 Å². The predicted octanol–water partition coefficient (Wildman–Crippen LogP) is 2.35. The van der Waals surface area contributed by atoms with Gasteiger partial charge in [0.25, 0.3) is 0 Å². The van der Waals surface area contributed by atoms with Gasteiger partial charge in [-0.2, -0.15) is 0 Å². The van der Waals surface area contributed by atoms with Crippen molar-refractivity contribution in [2.75, 3.05) is 20.1 Å². The van der Waals surface area contributed by atoms with E-state index in [4.69, 9.17) is 4.74 Å². The van der Waals surface area contributed by atoms with Crippen LogP contribution in [0.15, 0.2) is 0 Å². The largest absolute Gasteiger partial charge is 0.460 e. The fourth-order valence-corrected chi connectivity index (χ4v) is 2.62. The highest BCUT2D eigenvalue weighted by Crippen LogP contribution is 2.28. The highest BCUT2D eigenvalue weighted by molar-refractivity contribution is 5.70. The first-order valence-corrected chi connectivity index (χ1v) is 7.33. The Morgan fingerprint density at radius 2 is 1.84 bits per heavy atom. The summed E-state index contributed by atoms with van der Waals surface area (Å²) in [6, 6.07) is 0. The summed E-state index contributed by atoms with van der Waals surface area (Å²) in [5, 5.41) is 10.4. The molecule has 1 fully saturated rings. The molecule has 4 heteroatoms. The lowest BCUT2D eigenvalue weighted by Crippen LogP contribution is -2.43. The van der Waals surface area contributed by atoms with Gasteiger partial charge in [-0.15, -0.1) is 0 Å². The van der Waals surface area contributed by atoms with E-state index in [0.717, 1.165) is 25.7 Å². The Bertz CT molecular complexity index is 290. The maximum atomic E-state index is 11.6. The number of aliphatic hydroxyl groups is 1. The molecule has 0 unspecified atom stereocenters. The van der Waals surface area contributed by atoms with E-state index in [0.29, 0.717) is 19.5 Å². The van der Waals surface area contributed by atoms with Crippen LogP contribution < -0.4 is 0 Å². The van der Waals surface area contributed by atoms with E-state index < -0.39 is 11.2 Å². The lowest BCUT2D eigenvalue weighted by Gasteiger charge is -2.35. The van der Waals surface area contributed by atoms with Crippen LogP contribution in [-0.4, -0.2) is 47.3 Å². The molecule has 0 saturated heterocycles. The highest BCUT2D eigenvalue weighted by atomic mass is 16.6. The fraction of sp³-hybridized carbons (Fsp3) is 0.933. The van der Waals surface area contributed by atoms with Crippen LogP contribution in [0, 0.1) is 0 Å². The Morgan fingerprint density at radius 3 is 2.37 bits per heavy atom. The Balaban J connectivity index is 2.27. The number of rotatable bonds is 5. The molecule has 1 saturated carbocycles. The van der Waals surface area contributed by atoms with Crippen molar-refractivity contribution in [3.05, 3.63) is 0 Å². The maximum Gasteiger partial charge on any atom is 0.307 e. The molecular formula is C15H29NO3. The van der Waals surface area contributed by atoms with E-state index in [1.54, 1.807) is 0 Å². The third-order valence-corrected chi connectivity index (χ3v) is 3.47. The zero-order valence-electron chi connectivity index (χ0n) is 12.9. The molecule has 0 aliphatic heterocycles. The summed E-state index contributed by atoms with van der Waals surface area (Å²) in [5.74, 6) is -0.171. The monoisotopic (exact) mass is 271 g/mol. The molecule has 112 valence electrons. The van der Waals surface area contributed by atoms with E-state index in [1.807, 2.05) is 32.7 Å². The first kappa shape index (κ1) is 16.4. The third kappa shape index (κ3) is 6.92. The number of nitrogens with zero attached hydrogens (tertiary/aromatic N) is 1. The van der Waals surface area contributed by atoms with Crippen molar-refractivity contribution >= 4 is 5.97 Å². The summed E-state index contributed by atoms with van der Waals surface area (Å²) in [5.41, 5.74) is -0.974. The molecule has 0 atom stereocenters. The fourth-order valence-electron chi connectivity index (χ4n) is 2.62. The molecule has 1 aliphatic carbocycles. The minimum absolute atomic E-state index is 0.171. The standard InChI is InChI=1S/C15H29NO3/c1-14(2,3)19-13(17)8-11-16(4)12-15(18)9-6-5-7-10-15/h18H,5-12H2,1-4H3. The second-order valence-electron chi connectivity index (χ2n) is 6.86. The molecule has 0 amide bonds. The normalized spacial score (nSPS) is 19.5. The molecule has 0 aromatic carbocycles. The predicted molar refractivity (Wildman–Crippen MR) is 76.0 cm³/mol. The summed E-state index contributed by atoms with van der Waals surface area (Å²) in [4.78, 5) is 13.7. The van der Waals surface area contributed by atoms with E-state index in [1.165, 1.54) is 6.42 Å². The van der Waals surface area contributed by atoms with Gasteiger partial charge in [0.2, 0.25) is 0 Å². The Kier molecular flexibility index (Phi) is 5.81. The molecule has 4 nitrogen and oxygen atoms in total. The summed E-state index contributed by atoms with van der Waals surface area (Å²) in [6.45, 7) is 6.91. The molecule has 1 N–H and O–H groups in total. The minimum atomic E-state index is -0.555. The first-order chi connectivity index (χ1) is 8.70. The van der Waals surface area contributed by atoms with Gasteiger partial charge in [-0.1, -0.05) is 19.3 Å². The minimum Gasteiger partial charge on any atom is -0.460 e. The van der Waals surface area contributed by atoms with Crippen LogP contribution in [0.2, 0.25) is 0 Å². The number of carbonyl (C=O) groups is 1. The number of hydrogen-bond acceptors (Lipinski definition) is 4. The summed E-state index contributed by atoms with van der Waals surface area (Å²) in [7, 11) is 1.96. The molecule has 0 aromatic rings. The van der Waals surface area contributed by atoms with Gasteiger partial charge < -0.3 is 14.7 Å². The number of hydrogen-bond donors (Lipinski definition) is 1. The van der Waals surface area contributed by atoms with Crippen LogP contribution in [0.25, 0.3) is 0 Å². The Morgan fingerprint density at radius 1 is 1.26 bits per heavy atom. The molecule has 0 aromatic heterocycles. The van der Waals surface area contributed by atoms with Crippen molar-refractivity contribution in [3.63, 3.8) is 0 Å². The zero-order valence-corrected chi connectivity index (χ0v) is 12.9. The van der Waals surface area contributed by atoms with Crippen LogP contribution in [0.4, 0.5) is 0 Å². The van der Waals surface area contributed by atoms with E-state index in [-0.39, 0.29) is 5.97 Å². The summed E-state index contributed by atoms with van der Waals surface area (Å²) in [6.07, 6.45) is 5.58. The van der Waals surface area contributed by atoms with Crippen molar-refractivity contribution in [2.24, 2.45) is 0 Å². The van der Waals surface area contributed by atoms with Gasteiger partial charge in [0.05, 0.1) is 12.0 Å². The highest BCUT2D eigenvalue weighted by Gasteiger charge is 2.30. The van der Waals surface area contributed by atoms with Gasteiger partial charge in [-0.3, -0.25) is 4.79 Å². The summed E-state index contributed by atoms with van der Waals surface area (Å²) >= 11 is 0. The first-order valence-electron chi connectivity index (χ1n) is 7.33. The van der Waals surface area contributed by atoms with Crippen molar-refractivity contribution in [2.45, 2.75) is 70.5 Å². The van der Waals surface area contributed by atoms with Crippen molar-refractivity contribution < 1.29 is 14.6 Å². The molecule has 0 spiro atoms. The lowest BCUT2D eigenvalue weighted by atomic mass is 9.84. The molecule has 0 bridgehead atoms. The molecule has 1 rings (SSSR count). The van der Waals surface area contributed by atoms with Crippen LogP contribution in [0.1, 0.15) is 59.3 Å². The van der Waals surface area contributed by atoms with Gasteiger partial charge in [0.15, 0.2) is 0 Å². The zero-order chi connectivity index (χ0) is 14.5. The van der Waals surface area contributed by atoms with Crippen LogP contribution in [-0.2, 0) is 9.53 Å². The van der Waals surface area contributed by atoms with Crippen molar-refractivity contribution in [3.8, 4) is 0 Å². The molecular weight excluding hydrogens is 242 g/mol. The van der Waals surface area contributed by atoms with Gasteiger partial charge in [-0.25, -0.2) is 0 Å². The number of ether oxygens (including phenoxy) is 1.